The zero-order valence-corrected chi connectivity index (χ0v) is 48.1. The molecule has 70 heavy (non-hydrogen) atoms. The summed E-state index contributed by atoms with van der Waals surface area (Å²) in [5, 5.41) is 2.77. The Morgan fingerprint density at radius 3 is 1.30 bits per heavy atom. The van der Waals surface area contributed by atoms with Crippen molar-refractivity contribution in [2.75, 3.05) is 0 Å². The maximum absolute atomic E-state index is 2.40. The van der Waals surface area contributed by atoms with Crippen LogP contribution in [0.1, 0.15) is 172 Å². The van der Waals surface area contributed by atoms with Crippen LogP contribution in [0.2, 0.25) is 0 Å². The van der Waals surface area contributed by atoms with Crippen molar-refractivity contribution < 1.29 is 0 Å². The van der Waals surface area contributed by atoms with Crippen molar-refractivity contribution in [1.82, 2.24) is 0 Å². The van der Waals surface area contributed by atoms with Crippen molar-refractivity contribution in [1.29, 1.82) is 0 Å². The van der Waals surface area contributed by atoms with Crippen molar-refractivity contribution in [3.8, 4) is 22.3 Å². The van der Waals surface area contributed by atoms with E-state index in [1.807, 2.05) is 101 Å². The summed E-state index contributed by atoms with van der Waals surface area (Å²) in [5.41, 5.74) is 19.3. The maximum Gasteiger partial charge on any atom is 0.0159 e. The molecule has 0 fully saturated rings. The van der Waals surface area contributed by atoms with Gasteiger partial charge in [0.1, 0.15) is 0 Å². The highest BCUT2D eigenvalue weighted by Gasteiger charge is 2.36. The second kappa shape index (κ2) is 36.0. The molecule has 0 radical (unpaired) electrons. The van der Waals surface area contributed by atoms with E-state index in [-0.39, 0.29) is 5.41 Å². The molecule has 0 bridgehead atoms. The summed E-state index contributed by atoms with van der Waals surface area (Å²) in [6.07, 6.45) is 0.987. The van der Waals surface area contributed by atoms with Gasteiger partial charge in [-0.1, -0.05) is 315 Å². The number of hydrogen-bond donors (Lipinski definition) is 0. The van der Waals surface area contributed by atoms with Crippen LogP contribution in [0.4, 0.5) is 0 Å². The van der Waals surface area contributed by atoms with Gasteiger partial charge in [-0.25, -0.2) is 0 Å². The zero-order valence-electron chi connectivity index (χ0n) is 48.1. The number of benzene rings is 8. The molecule has 0 heterocycles. The summed E-state index contributed by atoms with van der Waals surface area (Å²) in [6, 6.07) is 65.2. The van der Waals surface area contributed by atoms with E-state index in [0.29, 0.717) is 5.92 Å². The Bertz CT molecular complexity index is 2530. The average Bonchev–Trinajstić information content (AvgIpc) is 3.64. The minimum Gasteiger partial charge on any atom is -0.0683 e. The first kappa shape index (κ1) is 64.0. The molecule has 0 N–H and O–H groups in total. The van der Waals surface area contributed by atoms with Crippen LogP contribution in [0, 0.1) is 34.6 Å². The van der Waals surface area contributed by atoms with Crippen LogP contribution in [0.25, 0.3) is 33.0 Å². The monoisotopic (exact) mass is 937 g/mol. The van der Waals surface area contributed by atoms with Crippen LogP contribution >= 0.6 is 0 Å². The Morgan fingerprint density at radius 2 is 0.800 bits per heavy atom. The minimum atomic E-state index is 0.0888. The Morgan fingerprint density at radius 1 is 0.357 bits per heavy atom. The highest BCUT2D eigenvalue weighted by molar-refractivity contribution is 6.03. The summed E-state index contributed by atoms with van der Waals surface area (Å²) in [4.78, 5) is 0. The Balaban J connectivity index is 0.000000894. The largest absolute Gasteiger partial charge is 0.0683 e. The van der Waals surface area contributed by atoms with Gasteiger partial charge < -0.3 is 0 Å². The lowest BCUT2D eigenvalue weighted by molar-refractivity contribution is 0.659. The Labute approximate surface area is 431 Å². The van der Waals surface area contributed by atoms with Gasteiger partial charge in [0.15, 0.2) is 0 Å². The van der Waals surface area contributed by atoms with E-state index in [0.717, 1.165) is 6.42 Å². The third-order valence-electron chi connectivity index (χ3n) is 11.3. The van der Waals surface area contributed by atoms with Gasteiger partial charge in [-0.2, -0.15) is 0 Å². The molecule has 1 aliphatic carbocycles. The van der Waals surface area contributed by atoms with Gasteiger partial charge in [0.05, 0.1) is 0 Å². The molecule has 9 rings (SSSR count). The smallest absolute Gasteiger partial charge is 0.0159 e. The normalized spacial score (nSPS) is 10.4. The van der Waals surface area contributed by atoms with Crippen molar-refractivity contribution >= 4 is 10.8 Å². The lowest BCUT2D eigenvalue weighted by atomic mass is 9.81. The van der Waals surface area contributed by atoms with E-state index in [1.54, 1.807) is 0 Å². The van der Waals surface area contributed by atoms with Crippen molar-refractivity contribution in [3.63, 3.8) is 0 Å². The molecule has 0 unspecified atom stereocenters. The van der Waals surface area contributed by atoms with Gasteiger partial charge >= 0.3 is 0 Å². The van der Waals surface area contributed by atoms with E-state index in [4.69, 9.17) is 0 Å². The molecule has 0 spiro atoms. The highest BCUT2D eigenvalue weighted by atomic mass is 14.4. The first-order valence-corrected chi connectivity index (χ1v) is 26.8. The van der Waals surface area contributed by atoms with E-state index < -0.39 is 0 Å². The Kier molecular flexibility index (Phi) is 33.0. The average molecular weight is 938 g/mol. The summed E-state index contributed by atoms with van der Waals surface area (Å²) in [6.45, 7) is 43.9. The van der Waals surface area contributed by atoms with Crippen LogP contribution in [0.5, 0.6) is 0 Å². The fraction of sp³-hybridized carbons (Fsp3) is 0.343. The van der Waals surface area contributed by atoms with Crippen LogP contribution in [0.3, 0.4) is 0 Å². The lowest BCUT2D eigenvalue weighted by Gasteiger charge is -2.22. The third kappa shape index (κ3) is 19.8. The molecule has 8 aromatic carbocycles. The molecule has 0 saturated carbocycles. The van der Waals surface area contributed by atoms with Gasteiger partial charge in [0.2, 0.25) is 0 Å². The van der Waals surface area contributed by atoms with Gasteiger partial charge in [-0.05, 0) is 113 Å². The number of aryl methyl sites for hydroxylation is 5. The van der Waals surface area contributed by atoms with E-state index in [2.05, 4.69) is 226 Å². The summed E-state index contributed by atoms with van der Waals surface area (Å²) < 4.78 is 0. The topological polar surface area (TPSA) is 0 Å². The molecule has 376 valence electrons. The van der Waals surface area contributed by atoms with E-state index >= 15 is 0 Å². The molecular formula is C70H96. The predicted octanol–water partition coefficient (Wildman–Crippen LogP) is 22.3. The highest BCUT2D eigenvalue weighted by Crippen LogP contribution is 2.52. The van der Waals surface area contributed by atoms with Gasteiger partial charge in [-0.15, -0.1) is 0 Å². The number of hydrogen-bond acceptors (Lipinski definition) is 0. The lowest BCUT2D eigenvalue weighted by Crippen LogP contribution is -2.15. The first-order valence-electron chi connectivity index (χ1n) is 26.8. The van der Waals surface area contributed by atoms with Crippen LogP contribution < -0.4 is 0 Å². The van der Waals surface area contributed by atoms with Gasteiger partial charge in [0, 0.05) is 5.41 Å². The fourth-order valence-corrected chi connectivity index (χ4v) is 7.80. The van der Waals surface area contributed by atoms with Crippen molar-refractivity contribution in [2.24, 2.45) is 0 Å². The Hall–Kier alpha value is -5.98. The van der Waals surface area contributed by atoms with E-state index in [9.17, 15) is 0 Å². The molecule has 0 nitrogen and oxygen atoms in total. The van der Waals surface area contributed by atoms with Crippen molar-refractivity contribution in [3.05, 3.63) is 238 Å². The number of rotatable bonds is 4. The van der Waals surface area contributed by atoms with Crippen molar-refractivity contribution in [2.45, 2.75) is 163 Å². The van der Waals surface area contributed by atoms with Gasteiger partial charge in [0.25, 0.3) is 0 Å². The quantitative estimate of drug-likeness (QED) is 0.165. The van der Waals surface area contributed by atoms with Crippen LogP contribution in [0.15, 0.2) is 182 Å². The van der Waals surface area contributed by atoms with E-state index in [1.165, 1.54) is 88.7 Å². The summed E-state index contributed by atoms with van der Waals surface area (Å²) in [5.74, 6) is 0.653. The van der Waals surface area contributed by atoms with Gasteiger partial charge in [-0.3, -0.25) is 0 Å². The molecule has 0 aromatic heterocycles. The standard InChI is InChI=1S/C21H20.C20H18.C10H14.C7H8.6C2H6/c1-13-9-10-17-18(11-13)21(3,4)19-12-14(2)15-7-5-6-8-16(15)20(17)19;1-16-10-12-17(13-11-16)14-18-6-5-9-20(15-18)19-7-3-2-4-8-19;1-8(2)10-6-4-9(3)5-7-10;1-7-5-3-2-4-6-7;6*1-2/h5-12H,1-4H3;2-13,15H,14H2,1H3;4-8H,1-3H3;2-6H,1H3;6*1-2H3. The summed E-state index contributed by atoms with van der Waals surface area (Å²) in [7, 11) is 0. The SMILES string of the molecule is CC.CC.CC.CC.CC.CC.Cc1ccc(C(C)C)cc1.Cc1ccc(Cc2cccc(-c3ccccc3)c2)cc1.Cc1ccc2c(c1)C(C)(C)c1cc(C)c3ccccc3c1-2.Cc1ccccc1. The molecular weight excluding hydrogens is 841 g/mol. The first-order chi connectivity index (χ1) is 33.9. The fourth-order valence-electron chi connectivity index (χ4n) is 7.80. The molecule has 8 aromatic rings. The molecule has 0 saturated heterocycles. The molecule has 1 aliphatic rings. The third-order valence-corrected chi connectivity index (χ3v) is 11.3. The maximum atomic E-state index is 2.40. The molecule has 0 aliphatic heterocycles. The summed E-state index contributed by atoms with van der Waals surface area (Å²) >= 11 is 0. The minimum absolute atomic E-state index is 0.0888. The molecule has 0 heteroatoms. The molecule has 0 atom stereocenters. The second-order valence-electron chi connectivity index (χ2n) is 16.8. The van der Waals surface area contributed by atoms with Crippen LogP contribution in [-0.4, -0.2) is 0 Å². The van der Waals surface area contributed by atoms with Crippen LogP contribution in [-0.2, 0) is 11.8 Å². The second-order valence-corrected chi connectivity index (χ2v) is 16.8. The molecule has 0 amide bonds. The zero-order chi connectivity index (χ0) is 53.2. The predicted molar refractivity (Wildman–Crippen MR) is 321 cm³/mol. The number of fused-ring (bicyclic) bond motifs is 5.